The zero-order valence-electron chi connectivity index (χ0n) is 18.5. The van der Waals surface area contributed by atoms with Gasteiger partial charge in [-0.2, -0.15) is 8.78 Å². The summed E-state index contributed by atoms with van der Waals surface area (Å²) in [5.74, 6) is -2.56. The average Bonchev–Trinajstić information content (AvgIpc) is 2.75. The third kappa shape index (κ3) is 8.56. The largest absolute Gasteiger partial charge is 0.508 e. The molecule has 1 unspecified atom stereocenters. The molecule has 6 heteroatoms. The molecule has 4 nitrogen and oxygen atoms in total. The first-order chi connectivity index (χ1) is 14.8. The number of unbranched alkanes of at least 4 members (excludes halogenated alkanes) is 3. The molecule has 2 aromatic carbocycles. The van der Waals surface area contributed by atoms with E-state index < -0.39 is 12.5 Å². The maximum Gasteiger partial charge on any atom is 0.296 e. The van der Waals surface area contributed by atoms with Crippen molar-refractivity contribution in [2.24, 2.45) is 0 Å². The number of benzene rings is 2. The van der Waals surface area contributed by atoms with E-state index in [1.807, 2.05) is 12.1 Å². The summed E-state index contributed by atoms with van der Waals surface area (Å²) in [6, 6.07) is 11.7. The van der Waals surface area contributed by atoms with E-state index in [0.29, 0.717) is 12.2 Å². The van der Waals surface area contributed by atoms with Gasteiger partial charge in [0.25, 0.3) is 5.92 Å². The summed E-state index contributed by atoms with van der Waals surface area (Å²) in [5, 5.41) is 22.3. The quantitative estimate of drug-likeness (QED) is 0.355. The van der Waals surface area contributed by atoms with Crippen LogP contribution in [-0.4, -0.2) is 36.5 Å². The molecule has 0 spiro atoms. The first-order valence-corrected chi connectivity index (χ1v) is 11.0. The van der Waals surface area contributed by atoms with Crippen molar-refractivity contribution in [3.63, 3.8) is 0 Å². The van der Waals surface area contributed by atoms with E-state index in [0.717, 1.165) is 49.9 Å². The number of hydrogen-bond acceptors (Lipinski definition) is 4. The third-order valence-corrected chi connectivity index (χ3v) is 5.41. The Labute approximate surface area is 184 Å². The minimum atomic E-state index is -2.96. The molecule has 0 heterocycles. The number of alkyl halides is 2. The van der Waals surface area contributed by atoms with Crippen LogP contribution in [0.4, 0.5) is 8.78 Å². The van der Waals surface area contributed by atoms with E-state index in [9.17, 15) is 19.0 Å². The van der Waals surface area contributed by atoms with Gasteiger partial charge in [0.2, 0.25) is 0 Å². The SMILES string of the molecule is Cc1cccc(C(F)(F)COCCCCCCNCC(C)c2ccc(O)c(CO)c2)c1. The molecule has 0 aliphatic heterocycles. The summed E-state index contributed by atoms with van der Waals surface area (Å²) in [7, 11) is 0. The Kier molecular flexibility index (Phi) is 10.4. The predicted octanol–water partition coefficient (Wildman–Crippen LogP) is 5.26. The van der Waals surface area contributed by atoms with Crippen LogP contribution in [0.15, 0.2) is 42.5 Å². The second-order valence-corrected chi connectivity index (χ2v) is 8.19. The van der Waals surface area contributed by atoms with E-state index in [4.69, 9.17) is 4.74 Å². The molecule has 31 heavy (non-hydrogen) atoms. The van der Waals surface area contributed by atoms with Gasteiger partial charge in [-0.1, -0.05) is 55.7 Å². The molecule has 0 saturated heterocycles. The van der Waals surface area contributed by atoms with Crippen molar-refractivity contribution in [1.29, 1.82) is 0 Å². The van der Waals surface area contributed by atoms with E-state index >= 15 is 0 Å². The van der Waals surface area contributed by atoms with Gasteiger partial charge in [0.05, 0.1) is 6.61 Å². The molecule has 2 rings (SSSR count). The van der Waals surface area contributed by atoms with Gasteiger partial charge in [-0.05, 0) is 49.9 Å². The van der Waals surface area contributed by atoms with E-state index in [1.165, 1.54) is 12.1 Å². The fraction of sp³-hybridized carbons (Fsp3) is 0.520. The first kappa shape index (κ1) is 25.2. The lowest BCUT2D eigenvalue weighted by molar-refractivity contribution is -0.0831. The lowest BCUT2D eigenvalue weighted by Gasteiger charge is -2.17. The molecule has 0 amide bonds. The Morgan fingerprint density at radius 3 is 2.58 bits per heavy atom. The van der Waals surface area contributed by atoms with Gasteiger partial charge in [-0.15, -0.1) is 0 Å². The summed E-state index contributed by atoms with van der Waals surface area (Å²) in [6.45, 7) is 5.20. The van der Waals surface area contributed by atoms with Gasteiger partial charge in [0, 0.05) is 24.3 Å². The highest BCUT2D eigenvalue weighted by molar-refractivity contribution is 5.37. The van der Waals surface area contributed by atoms with Crippen molar-refractivity contribution < 1.29 is 23.7 Å². The lowest BCUT2D eigenvalue weighted by atomic mass is 9.98. The Bertz CT molecular complexity index is 798. The van der Waals surface area contributed by atoms with Gasteiger partial charge in [0.1, 0.15) is 12.4 Å². The Morgan fingerprint density at radius 1 is 1.06 bits per heavy atom. The topological polar surface area (TPSA) is 61.7 Å². The van der Waals surface area contributed by atoms with Crippen molar-refractivity contribution in [3.05, 3.63) is 64.7 Å². The molecular weight excluding hydrogens is 400 g/mol. The number of aromatic hydroxyl groups is 1. The normalized spacial score (nSPS) is 12.8. The number of phenols is 1. The Balaban J connectivity index is 1.52. The van der Waals surface area contributed by atoms with Gasteiger partial charge in [0.15, 0.2) is 0 Å². The smallest absolute Gasteiger partial charge is 0.296 e. The minimum absolute atomic E-state index is 0.00712. The van der Waals surface area contributed by atoms with Gasteiger partial charge < -0.3 is 20.3 Å². The van der Waals surface area contributed by atoms with E-state index in [2.05, 4.69) is 12.2 Å². The van der Waals surface area contributed by atoms with Crippen LogP contribution in [0.3, 0.4) is 0 Å². The van der Waals surface area contributed by atoms with Gasteiger partial charge in [-0.25, -0.2) is 0 Å². The lowest BCUT2D eigenvalue weighted by Crippen LogP contribution is -2.22. The molecule has 172 valence electrons. The number of aliphatic hydroxyl groups excluding tert-OH is 1. The highest BCUT2D eigenvalue weighted by Crippen LogP contribution is 2.29. The summed E-state index contributed by atoms with van der Waals surface area (Å²) >= 11 is 0. The second-order valence-electron chi connectivity index (χ2n) is 8.19. The van der Waals surface area contributed by atoms with Crippen molar-refractivity contribution in [2.75, 3.05) is 26.3 Å². The highest BCUT2D eigenvalue weighted by atomic mass is 19.3. The first-order valence-electron chi connectivity index (χ1n) is 11.0. The maximum absolute atomic E-state index is 14.1. The predicted molar refractivity (Wildman–Crippen MR) is 120 cm³/mol. The molecule has 2 aromatic rings. The minimum Gasteiger partial charge on any atom is -0.508 e. The zero-order chi connectivity index (χ0) is 22.7. The third-order valence-electron chi connectivity index (χ3n) is 5.41. The number of halogens is 2. The van der Waals surface area contributed by atoms with Crippen LogP contribution in [0.25, 0.3) is 0 Å². The monoisotopic (exact) mass is 435 g/mol. The summed E-state index contributed by atoms with van der Waals surface area (Å²) < 4.78 is 33.5. The summed E-state index contributed by atoms with van der Waals surface area (Å²) in [5.41, 5.74) is 2.45. The van der Waals surface area contributed by atoms with Crippen LogP contribution in [0, 0.1) is 6.92 Å². The van der Waals surface area contributed by atoms with Crippen LogP contribution >= 0.6 is 0 Å². The summed E-state index contributed by atoms with van der Waals surface area (Å²) in [4.78, 5) is 0. The number of hydrogen-bond donors (Lipinski definition) is 3. The Hall–Kier alpha value is -2.02. The number of rotatable bonds is 14. The molecule has 0 bridgehead atoms. The average molecular weight is 436 g/mol. The molecule has 1 atom stereocenters. The molecule has 0 saturated carbocycles. The molecule has 0 radical (unpaired) electrons. The number of aryl methyl sites for hydroxylation is 1. The van der Waals surface area contributed by atoms with Crippen LogP contribution in [-0.2, 0) is 17.3 Å². The van der Waals surface area contributed by atoms with Gasteiger partial charge in [-0.3, -0.25) is 0 Å². The van der Waals surface area contributed by atoms with Crippen LogP contribution in [0.2, 0.25) is 0 Å². The zero-order valence-corrected chi connectivity index (χ0v) is 18.5. The molecule has 0 fully saturated rings. The van der Waals surface area contributed by atoms with Gasteiger partial charge >= 0.3 is 0 Å². The van der Waals surface area contributed by atoms with E-state index in [1.54, 1.807) is 25.1 Å². The van der Waals surface area contributed by atoms with Crippen molar-refractivity contribution >= 4 is 0 Å². The van der Waals surface area contributed by atoms with Crippen LogP contribution < -0.4 is 5.32 Å². The van der Waals surface area contributed by atoms with Crippen LogP contribution in [0.1, 0.15) is 60.8 Å². The number of nitrogens with one attached hydrogen (secondary N) is 1. The molecule has 0 aliphatic rings. The van der Waals surface area contributed by atoms with Crippen molar-refractivity contribution in [2.45, 2.75) is 58.0 Å². The standard InChI is InChI=1S/C25H35F2NO3/c1-19-8-7-9-23(14-19)25(26,27)18-31-13-6-4-3-5-12-28-16-20(2)21-10-11-24(30)22(15-21)17-29/h7-11,14-15,20,28-30H,3-6,12-13,16-18H2,1-2H3. The van der Waals surface area contributed by atoms with E-state index in [-0.39, 0.29) is 23.8 Å². The van der Waals surface area contributed by atoms with Crippen molar-refractivity contribution in [1.82, 2.24) is 5.32 Å². The molecule has 0 aromatic heterocycles. The maximum atomic E-state index is 14.1. The van der Waals surface area contributed by atoms with Crippen molar-refractivity contribution in [3.8, 4) is 5.75 Å². The number of ether oxygens (including phenoxy) is 1. The molecular formula is C25H35F2NO3. The highest BCUT2D eigenvalue weighted by Gasteiger charge is 2.31. The van der Waals surface area contributed by atoms with Crippen LogP contribution in [0.5, 0.6) is 5.75 Å². The second kappa shape index (κ2) is 12.7. The fourth-order valence-corrected chi connectivity index (χ4v) is 3.44. The molecule has 0 aliphatic carbocycles. The molecule has 3 N–H and O–H groups in total. The number of aliphatic hydroxyl groups is 1. The fourth-order valence-electron chi connectivity index (χ4n) is 3.44. The Morgan fingerprint density at radius 2 is 1.84 bits per heavy atom. The summed E-state index contributed by atoms with van der Waals surface area (Å²) in [6.07, 6.45) is 3.76.